The van der Waals surface area contributed by atoms with Crippen LogP contribution in [0.1, 0.15) is 41.7 Å². The number of para-hydroxylation sites is 2. The van der Waals surface area contributed by atoms with E-state index in [4.69, 9.17) is 21.1 Å². The number of rotatable bonds is 8. The van der Waals surface area contributed by atoms with Crippen LogP contribution in [-0.4, -0.2) is 75.4 Å². The van der Waals surface area contributed by atoms with E-state index in [1.54, 1.807) is 36.0 Å². The zero-order chi connectivity index (χ0) is 29.9. The van der Waals surface area contributed by atoms with Crippen LogP contribution in [0.15, 0.2) is 59.7 Å². The normalized spacial score (nSPS) is 21.1. The smallest absolute Gasteiger partial charge is 0.333 e. The van der Waals surface area contributed by atoms with Crippen LogP contribution in [-0.2, 0) is 11.3 Å². The van der Waals surface area contributed by atoms with Crippen molar-refractivity contribution in [3.63, 3.8) is 0 Å². The van der Waals surface area contributed by atoms with E-state index in [-0.39, 0.29) is 23.7 Å². The highest BCUT2D eigenvalue weighted by molar-refractivity contribution is 6.30. The Kier molecular flexibility index (Phi) is 8.78. The fourth-order valence-corrected chi connectivity index (χ4v) is 6.28. The summed E-state index contributed by atoms with van der Waals surface area (Å²) in [4.78, 5) is 37.6. The summed E-state index contributed by atoms with van der Waals surface area (Å²) in [6.45, 7) is 5.30. The van der Waals surface area contributed by atoms with Gasteiger partial charge in [0.1, 0.15) is 12.7 Å². The number of carbonyl (C=O) groups excluding carboxylic acids is 1. The molecule has 1 atom stereocenters. The Morgan fingerprint density at radius 3 is 2.63 bits per heavy atom. The molecule has 1 saturated heterocycles. The van der Waals surface area contributed by atoms with E-state index in [1.165, 1.54) is 0 Å². The summed E-state index contributed by atoms with van der Waals surface area (Å²) in [6, 6.07) is 13.3. The summed E-state index contributed by atoms with van der Waals surface area (Å²) in [7, 11) is 2.07. The van der Waals surface area contributed by atoms with E-state index in [1.807, 2.05) is 34.9 Å². The molecule has 10 nitrogen and oxygen atoms in total. The van der Waals surface area contributed by atoms with Gasteiger partial charge in [0.25, 0.3) is 5.91 Å². The number of likely N-dealkylation sites (N-methyl/N-ethyl adjacent to an activating group) is 1. The standard InChI is InChI=1S/C32H37ClN6O4/c1-21-27(15-23(33)16-34-21)31(40)36-24-9-7-22(8-10-24)18-38-28-5-3-4-6-29(28)39(32(38)41)25-11-12-30(35-17-25)43-20-26-19-37(2)13-14-42-26/h3-6,11-12,15-17,22,24,26H,7-10,13-14,18-20H2,1-2H3,(H,36,40). The molecule has 1 unspecified atom stereocenters. The first-order valence-electron chi connectivity index (χ1n) is 14.9. The number of nitrogens with one attached hydrogen (secondary N) is 1. The van der Waals surface area contributed by atoms with Crippen molar-refractivity contribution in [3.05, 3.63) is 81.6 Å². The average Bonchev–Trinajstić information content (AvgIpc) is 3.29. The molecule has 3 aromatic heterocycles. The number of benzene rings is 1. The highest BCUT2D eigenvalue weighted by atomic mass is 35.5. The Labute approximate surface area is 255 Å². The van der Waals surface area contributed by atoms with Crippen molar-refractivity contribution in [1.29, 1.82) is 0 Å². The van der Waals surface area contributed by atoms with Crippen LogP contribution in [0.4, 0.5) is 0 Å². The van der Waals surface area contributed by atoms with Gasteiger partial charge in [-0.1, -0.05) is 23.7 Å². The summed E-state index contributed by atoms with van der Waals surface area (Å²) in [5.74, 6) is 0.688. The number of hydrogen-bond acceptors (Lipinski definition) is 7. The molecular formula is C32H37ClN6O4. The Balaban J connectivity index is 1.11. The number of aryl methyl sites for hydroxylation is 1. The molecular weight excluding hydrogens is 568 g/mol. The van der Waals surface area contributed by atoms with Crippen molar-refractivity contribution >= 4 is 28.5 Å². The lowest BCUT2D eigenvalue weighted by molar-refractivity contribution is -0.0410. The number of nitrogens with zero attached hydrogens (tertiary/aromatic N) is 5. The first-order valence-corrected chi connectivity index (χ1v) is 15.3. The van der Waals surface area contributed by atoms with Crippen molar-refractivity contribution in [3.8, 4) is 11.6 Å². The summed E-state index contributed by atoms with van der Waals surface area (Å²) in [5.41, 5.74) is 3.51. The summed E-state index contributed by atoms with van der Waals surface area (Å²) < 4.78 is 15.3. The highest BCUT2D eigenvalue weighted by Crippen LogP contribution is 2.28. The molecule has 6 rings (SSSR count). The van der Waals surface area contributed by atoms with E-state index in [0.29, 0.717) is 53.5 Å². The number of carbonyl (C=O) groups is 1. The lowest BCUT2D eigenvalue weighted by Gasteiger charge is -2.29. The van der Waals surface area contributed by atoms with Crippen LogP contribution in [0.5, 0.6) is 5.88 Å². The fraction of sp³-hybridized carbons (Fsp3) is 0.438. The van der Waals surface area contributed by atoms with Gasteiger partial charge in [-0.05, 0) is 69.8 Å². The van der Waals surface area contributed by atoms with Crippen molar-refractivity contribution in [2.24, 2.45) is 5.92 Å². The number of imidazole rings is 1. The van der Waals surface area contributed by atoms with Crippen molar-refractivity contribution in [1.82, 2.24) is 29.3 Å². The predicted octanol–water partition coefficient (Wildman–Crippen LogP) is 4.24. The maximum Gasteiger partial charge on any atom is 0.333 e. The van der Waals surface area contributed by atoms with Gasteiger partial charge in [0.2, 0.25) is 5.88 Å². The van der Waals surface area contributed by atoms with Crippen LogP contribution < -0.4 is 15.7 Å². The minimum Gasteiger partial charge on any atom is -0.475 e. The lowest BCUT2D eigenvalue weighted by Crippen LogP contribution is -2.42. The molecule has 1 aliphatic carbocycles. The summed E-state index contributed by atoms with van der Waals surface area (Å²) >= 11 is 6.06. The molecule has 4 heterocycles. The molecule has 0 bridgehead atoms. The van der Waals surface area contributed by atoms with Gasteiger partial charge in [0.15, 0.2) is 0 Å². The van der Waals surface area contributed by atoms with Crippen LogP contribution >= 0.6 is 11.6 Å². The molecule has 4 aromatic rings. The van der Waals surface area contributed by atoms with E-state index >= 15 is 0 Å². The zero-order valence-corrected chi connectivity index (χ0v) is 25.3. The first-order chi connectivity index (χ1) is 20.9. The zero-order valence-electron chi connectivity index (χ0n) is 24.5. The van der Waals surface area contributed by atoms with Gasteiger partial charge in [0.05, 0.1) is 45.8 Å². The van der Waals surface area contributed by atoms with Crippen molar-refractivity contribution in [2.45, 2.75) is 51.3 Å². The third-order valence-electron chi connectivity index (χ3n) is 8.49. The second-order valence-electron chi connectivity index (χ2n) is 11.6. The summed E-state index contributed by atoms with van der Waals surface area (Å²) in [5, 5.41) is 3.60. The van der Waals surface area contributed by atoms with Crippen molar-refractivity contribution in [2.75, 3.05) is 33.4 Å². The third kappa shape index (κ3) is 6.61. The maximum atomic E-state index is 13.8. The third-order valence-corrected chi connectivity index (χ3v) is 8.70. The SMILES string of the molecule is Cc1ncc(Cl)cc1C(=O)NC1CCC(Cn2c(=O)n(-c3ccc(OCC4CN(C)CCO4)nc3)c3ccccc32)CC1. The van der Waals surface area contributed by atoms with Crippen molar-refractivity contribution < 1.29 is 14.3 Å². The van der Waals surface area contributed by atoms with Gasteiger partial charge in [-0.3, -0.25) is 18.9 Å². The second-order valence-corrected chi connectivity index (χ2v) is 12.1. The van der Waals surface area contributed by atoms with Gasteiger partial charge in [-0.15, -0.1) is 0 Å². The number of ether oxygens (including phenoxy) is 2. The lowest BCUT2D eigenvalue weighted by atomic mass is 9.85. The Morgan fingerprint density at radius 1 is 1.09 bits per heavy atom. The molecule has 1 aliphatic heterocycles. The molecule has 0 radical (unpaired) electrons. The largest absolute Gasteiger partial charge is 0.475 e. The van der Waals surface area contributed by atoms with E-state index in [2.05, 4.69) is 27.2 Å². The number of halogens is 1. The Hall–Kier alpha value is -3.73. The van der Waals surface area contributed by atoms with Crippen LogP contribution in [0.2, 0.25) is 5.02 Å². The number of hydrogen-bond donors (Lipinski definition) is 1. The van der Waals surface area contributed by atoms with Crippen LogP contribution in [0.25, 0.3) is 16.7 Å². The molecule has 1 saturated carbocycles. The number of amides is 1. The number of fused-ring (bicyclic) bond motifs is 1. The van der Waals surface area contributed by atoms with E-state index < -0.39 is 0 Å². The molecule has 11 heteroatoms. The number of pyridine rings is 2. The number of aromatic nitrogens is 4. The molecule has 43 heavy (non-hydrogen) atoms. The predicted molar refractivity (Wildman–Crippen MR) is 165 cm³/mol. The van der Waals surface area contributed by atoms with Crippen LogP contribution in [0, 0.1) is 12.8 Å². The highest BCUT2D eigenvalue weighted by Gasteiger charge is 2.26. The molecule has 2 aliphatic rings. The molecule has 1 aromatic carbocycles. The molecule has 0 spiro atoms. The molecule has 2 fully saturated rings. The second kappa shape index (κ2) is 12.9. The Bertz CT molecular complexity index is 1640. The number of morpholine rings is 1. The minimum atomic E-state index is -0.143. The van der Waals surface area contributed by atoms with Gasteiger partial charge in [0, 0.05) is 37.9 Å². The Morgan fingerprint density at radius 2 is 1.88 bits per heavy atom. The van der Waals surface area contributed by atoms with Crippen LogP contribution in [0.3, 0.4) is 0 Å². The van der Waals surface area contributed by atoms with E-state index in [9.17, 15) is 9.59 Å². The van der Waals surface area contributed by atoms with E-state index in [0.717, 1.165) is 49.8 Å². The average molecular weight is 605 g/mol. The monoisotopic (exact) mass is 604 g/mol. The maximum absolute atomic E-state index is 13.8. The van der Waals surface area contributed by atoms with Gasteiger partial charge in [-0.2, -0.15) is 0 Å². The van der Waals surface area contributed by atoms with Gasteiger partial charge >= 0.3 is 5.69 Å². The molecule has 1 amide bonds. The first kappa shape index (κ1) is 29.3. The van der Waals surface area contributed by atoms with Gasteiger partial charge < -0.3 is 19.7 Å². The quantitative estimate of drug-likeness (QED) is 0.321. The van der Waals surface area contributed by atoms with Gasteiger partial charge in [-0.25, -0.2) is 9.78 Å². The minimum absolute atomic E-state index is 0.0108. The molecule has 1 N–H and O–H groups in total. The topological polar surface area (TPSA) is 104 Å². The summed E-state index contributed by atoms with van der Waals surface area (Å²) in [6.07, 6.45) is 6.78. The molecule has 226 valence electrons. The fourth-order valence-electron chi connectivity index (χ4n) is 6.12.